The predicted molar refractivity (Wildman–Crippen MR) is 80.5 cm³/mol. The van der Waals surface area contributed by atoms with Crippen molar-refractivity contribution >= 4 is 11.6 Å². The van der Waals surface area contributed by atoms with Crippen LogP contribution in [0, 0.1) is 6.92 Å². The third-order valence-corrected chi connectivity index (χ3v) is 3.00. The van der Waals surface area contributed by atoms with E-state index in [0.717, 1.165) is 5.56 Å². The van der Waals surface area contributed by atoms with Gasteiger partial charge in [-0.15, -0.1) is 0 Å². The van der Waals surface area contributed by atoms with E-state index in [1.165, 1.54) is 0 Å². The minimum Gasteiger partial charge on any atom is -0.319 e. The molecule has 0 unspecified atom stereocenters. The van der Waals surface area contributed by atoms with Gasteiger partial charge in [0.25, 0.3) is 5.91 Å². The van der Waals surface area contributed by atoms with Gasteiger partial charge in [0.05, 0.1) is 18.1 Å². The van der Waals surface area contributed by atoms with Gasteiger partial charge in [-0.05, 0) is 31.2 Å². The van der Waals surface area contributed by atoms with Crippen LogP contribution in [0.25, 0.3) is 5.82 Å². The van der Waals surface area contributed by atoms with Gasteiger partial charge >= 0.3 is 0 Å². The Morgan fingerprint density at radius 3 is 2.86 bits per heavy atom. The van der Waals surface area contributed by atoms with Gasteiger partial charge in [0.15, 0.2) is 5.82 Å². The number of aryl methyl sites for hydroxylation is 1. The molecule has 0 saturated heterocycles. The van der Waals surface area contributed by atoms with Crippen molar-refractivity contribution in [1.82, 2.24) is 14.8 Å². The fourth-order valence-corrected chi connectivity index (χ4v) is 1.99. The second kappa shape index (κ2) is 5.58. The normalized spacial score (nSPS) is 10.3. The molecular weight excluding hydrogens is 264 g/mol. The number of hydrogen-bond donors (Lipinski definition) is 1. The molecule has 104 valence electrons. The summed E-state index contributed by atoms with van der Waals surface area (Å²) in [5.41, 5.74) is 2.31. The summed E-state index contributed by atoms with van der Waals surface area (Å²) in [4.78, 5) is 16.3. The van der Waals surface area contributed by atoms with Crippen molar-refractivity contribution in [3.63, 3.8) is 0 Å². The molecule has 0 atom stereocenters. The molecule has 21 heavy (non-hydrogen) atoms. The van der Waals surface area contributed by atoms with Gasteiger partial charge < -0.3 is 5.32 Å². The third kappa shape index (κ3) is 2.97. The molecule has 0 bridgehead atoms. The number of rotatable bonds is 3. The number of pyridine rings is 1. The predicted octanol–water partition coefficient (Wildman–Crippen LogP) is 2.83. The molecule has 0 spiro atoms. The number of nitrogens with one attached hydrogen (secondary N) is 1. The average Bonchev–Trinajstić information content (AvgIpc) is 2.97. The molecule has 1 amide bonds. The van der Waals surface area contributed by atoms with Crippen LogP contribution in [-0.4, -0.2) is 20.7 Å². The summed E-state index contributed by atoms with van der Waals surface area (Å²) in [7, 11) is 0. The lowest BCUT2D eigenvalue weighted by atomic mass is 10.1. The summed E-state index contributed by atoms with van der Waals surface area (Å²) < 4.78 is 1.62. The minimum atomic E-state index is -0.153. The van der Waals surface area contributed by atoms with Crippen LogP contribution in [0.1, 0.15) is 15.9 Å². The van der Waals surface area contributed by atoms with Crippen LogP contribution in [0.4, 0.5) is 5.69 Å². The fourth-order valence-electron chi connectivity index (χ4n) is 1.99. The second-order valence-corrected chi connectivity index (χ2v) is 4.69. The molecule has 0 radical (unpaired) electrons. The molecule has 0 aliphatic carbocycles. The molecule has 1 aromatic carbocycles. The van der Waals surface area contributed by atoms with Crippen molar-refractivity contribution in [2.45, 2.75) is 6.92 Å². The van der Waals surface area contributed by atoms with E-state index in [0.29, 0.717) is 17.1 Å². The van der Waals surface area contributed by atoms with Crippen molar-refractivity contribution < 1.29 is 4.79 Å². The highest BCUT2D eigenvalue weighted by atomic mass is 16.1. The van der Waals surface area contributed by atoms with Gasteiger partial charge in [0, 0.05) is 11.8 Å². The summed E-state index contributed by atoms with van der Waals surface area (Å²) in [5, 5.41) is 7.02. The van der Waals surface area contributed by atoms with Crippen molar-refractivity contribution in [3.8, 4) is 5.82 Å². The molecular formula is C16H14N4O. The average molecular weight is 278 g/mol. The van der Waals surface area contributed by atoms with E-state index < -0.39 is 0 Å². The number of carbonyl (C=O) groups excluding carboxylic acids is 1. The fraction of sp³-hybridized carbons (Fsp3) is 0.0625. The molecule has 1 N–H and O–H groups in total. The zero-order valence-electron chi connectivity index (χ0n) is 11.5. The van der Waals surface area contributed by atoms with Crippen LogP contribution >= 0.6 is 0 Å². The van der Waals surface area contributed by atoms with Crippen LogP contribution in [0.3, 0.4) is 0 Å². The standard InChI is InChI=1S/C16H14N4O/c1-12-5-4-6-13(9-12)16(21)19-14-10-18-20(11-14)15-7-2-3-8-17-15/h2-11H,1H3,(H,19,21). The van der Waals surface area contributed by atoms with Gasteiger partial charge in [-0.1, -0.05) is 23.8 Å². The maximum absolute atomic E-state index is 12.1. The smallest absolute Gasteiger partial charge is 0.255 e. The van der Waals surface area contributed by atoms with E-state index in [2.05, 4.69) is 15.4 Å². The van der Waals surface area contributed by atoms with Crippen molar-refractivity contribution in [2.75, 3.05) is 5.32 Å². The number of carbonyl (C=O) groups is 1. The lowest BCUT2D eigenvalue weighted by molar-refractivity contribution is 0.102. The summed E-state index contributed by atoms with van der Waals surface area (Å²) in [6, 6.07) is 13.0. The Bertz CT molecular complexity index is 765. The summed E-state index contributed by atoms with van der Waals surface area (Å²) in [6.45, 7) is 1.95. The quantitative estimate of drug-likeness (QED) is 0.801. The van der Waals surface area contributed by atoms with Gasteiger partial charge in [-0.3, -0.25) is 4.79 Å². The minimum absolute atomic E-state index is 0.153. The van der Waals surface area contributed by atoms with Crippen LogP contribution in [-0.2, 0) is 0 Å². The number of hydrogen-bond acceptors (Lipinski definition) is 3. The van der Waals surface area contributed by atoms with Gasteiger partial charge in [0.1, 0.15) is 0 Å². The Morgan fingerprint density at radius 2 is 2.10 bits per heavy atom. The number of anilines is 1. The number of benzene rings is 1. The molecule has 0 aliphatic rings. The van der Waals surface area contributed by atoms with E-state index in [9.17, 15) is 4.79 Å². The molecule has 0 saturated carbocycles. The zero-order valence-corrected chi connectivity index (χ0v) is 11.5. The lowest BCUT2D eigenvalue weighted by Crippen LogP contribution is -2.11. The highest BCUT2D eigenvalue weighted by Crippen LogP contribution is 2.12. The first-order valence-electron chi connectivity index (χ1n) is 6.56. The third-order valence-electron chi connectivity index (χ3n) is 3.00. The van der Waals surface area contributed by atoms with Crippen LogP contribution < -0.4 is 5.32 Å². The maximum atomic E-state index is 12.1. The van der Waals surface area contributed by atoms with E-state index >= 15 is 0 Å². The monoisotopic (exact) mass is 278 g/mol. The van der Waals surface area contributed by atoms with Gasteiger partial charge in [0.2, 0.25) is 0 Å². The summed E-state index contributed by atoms with van der Waals surface area (Å²) in [5.74, 6) is 0.549. The molecule has 5 heteroatoms. The highest BCUT2D eigenvalue weighted by molar-refractivity contribution is 6.04. The van der Waals surface area contributed by atoms with E-state index in [4.69, 9.17) is 0 Å². The van der Waals surface area contributed by atoms with Gasteiger partial charge in [-0.2, -0.15) is 5.10 Å². The lowest BCUT2D eigenvalue weighted by Gasteiger charge is -2.03. The largest absolute Gasteiger partial charge is 0.319 e. The van der Waals surface area contributed by atoms with Crippen molar-refractivity contribution in [2.24, 2.45) is 0 Å². The first-order chi connectivity index (χ1) is 10.2. The topological polar surface area (TPSA) is 59.8 Å². The van der Waals surface area contributed by atoms with E-state index in [1.54, 1.807) is 29.3 Å². The maximum Gasteiger partial charge on any atom is 0.255 e. The van der Waals surface area contributed by atoms with Crippen molar-refractivity contribution in [1.29, 1.82) is 0 Å². The molecule has 3 aromatic rings. The molecule has 3 rings (SSSR count). The summed E-state index contributed by atoms with van der Waals surface area (Å²) >= 11 is 0. The first-order valence-corrected chi connectivity index (χ1v) is 6.56. The second-order valence-electron chi connectivity index (χ2n) is 4.69. The van der Waals surface area contributed by atoms with Gasteiger partial charge in [-0.25, -0.2) is 9.67 Å². The van der Waals surface area contributed by atoms with E-state index in [1.807, 2.05) is 43.3 Å². The first kappa shape index (κ1) is 13.1. The zero-order chi connectivity index (χ0) is 14.7. The SMILES string of the molecule is Cc1cccc(C(=O)Nc2cnn(-c3ccccn3)c2)c1. The Balaban J connectivity index is 1.77. The number of nitrogens with zero attached hydrogens (tertiary/aromatic N) is 3. The molecule has 2 heterocycles. The van der Waals surface area contributed by atoms with Crippen LogP contribution in [0.2, 0.25) is 0 Å². The molecule has 5 nitrogen and oxygen atoms in total. The molecule has 0 fully saturated rings. The molecule has 0 aliphatic heterocycles. The Morgan fingerprint density at radius 1 is 1.19 bits per heavy atom. The summed E-state index contributed by atoms with van der Waals surface area (Å²) in [6.07, 6.45) is 5.03. The van der Waals surface area contributed by atoms with Crippen LogP contribution in [0.15, 0.2) is 61.1 Å². The highest BCUT2D eigenvalue weighted by Gasteiger charge is 2.08. The van der Waals surface area contributed by atoms with Crippen LogP contribution in [0.5, 0.6) is 0 Å². The molecule has 2 aromatic heterocycles. The van der Waals surface area contributed by atoms with E-state index in [-0.39, 0.29) is 5.91 Å². The number of amides is 1. The Labute approximate surface area is 122 Å². The Kier molecular flexibility index (Phi) is 3.47. The van der Waals surface area contributed by atoms with Crippen molar-refractivity contribution in [3.05, 3.63) is 72.2 Å². The number of aromatic nitrogens is 3. The Hall–Kier alpha value is -2.95.